The molecule has 0 saturated heterocycles. The van der Waals surface area contributed by atoms with Gasteiger partial charge in [-0.05, 0) is 32.7 Å². The molecule has 0 spiro atoms. The molecule has 0 bridgehead atoms. The van der Waals surface area contributed by atoms with Gasteiger partial charge in [0.25, 0.3) is 0 Å². The van der Waals surface area contributed by atoms with Crippen LogP contribution in [-0.4, -0.2) is 48.1 Å². The Morgan fingerprint density at radius 2 is 1.83 bits per heavy atom. The number of carbonyl (C=O) groups is 1. The zero-order valence-corrected chi connectivity index (χ0v) is 11.6. The lowest BCUT2D eigenvalue weighted by Crippen LogP contribution is -2.51. The molecule has 18 heavy (non-hydrogen) atoms. The van der Waals surface area contributed by atoms with Gasteiger partial charge >= 0.3 is 5.97 Å². The second-order valence-corrected chi connectivity index (χ2v) is 4.49. The molecule has 0 atom stereocenters. The first kappa shape index (κ1) is 17.4. The molecule has 0 radical (unpaired) electrons. The maximum atomic E-state index is 11.1. The minimum Gasteiger partial charge on any atom is -0.466 e. The van der Waals surface area contributed by atoms with Crippen LogP contribution in [0.2, 0.25) is 0 Å². The number of nitrogens with one attached hydrogen (secondary N) is 1. The molecule has 5 heteroatoms. The van der Waals surface area contributed by atoms with Gasteiger partial charge in [-0.25, -0.2) is 0 Å². The number of esters is 1. The monoisotopic (exact) mass is 261 g/mol. The Morgan fingerprint density at radius 3 is 2.33 bits per heavy atom. The SMILES string of the molecule is CCOC(=O)CCCCCNC(CC)(CO)CO. The summed E-state index contributed by atoms with van der Waals surface area (Å²) in [5.41, 5.74) is -0.568. The lowest BCUT2D eigenvalue weighted by Gasteiger charge is -2.29. The number of hydrogen-bond acceptors (Lipinski definition) is 5. The second-order valence-electron chi connectivity index (χ2n) is 4.49. The number of ether oxygens (including phenoxy) is 1. The summed E-state index contributed by atoms with van der Waals surface area (Å²) in [5.74, 6) is -0.140. The molecule has 5 nitrogen and oxygen atoms in total. The zero-order valence-electron chi connectivity index (χ0n) is 11.6. The van der Waals surface area contributed by atoms with Crippen molar-refractivity contribution >= 4 is 5.97 Å². The largest absolute Gasteiger partial charge is 0.466 e. The molecule has 108 valence electrons. The predicted molar refractivity (Wildman–Crippen MR) is 70.3 cm³/mol. The Balaban J connectivity index is 3.58. The molecule has 0 saturated carbocycles. The van der Waals surface area contributed by atoms with E-state index in [0.717, 1.165) is 25.8 Å². The third-order valence-electron chi connectivity index (χ3n) is 3.15. The molecule has 0 aromatic carbocycles. The van der Waals surface area contributed by atoms with Crippen molar-refractivity contribution in [1.29, 1.82) is 0 Å². The van der Waals surface area contributed by atoms with Crippen LogP contribution in [0, 0.1) is 0 Å². The molecular weight excluding hydrogens is 234 g/mol. The number of aliphatic hydroxyl groups excluding tert-OH is 2. The van der Waals surface area contributed by atoms with Crippen molar-refractivity contribution in [3.8, 4) is 0 Å². The average molecular weight is 261 g/mol. The van der Waals surface area contributed by atoms with Crippen molar-refractivity contribution in [3.05, 3.63) is 0 Å². The van der Waals surface area contributed by atoms with Crippen molar-refractivity contribution in [2.45, 2.75) is 51.5 Å². The van der Waals surface area contributed by atoms with Crippen LogP contribution in [0.4, 0.5) is 0 Å². The maximum absolute atomic E-state index is 11.1. The molecule has 0 fully saturated rings. The summed E-state index contributed by atoms with van der Waals surface area (Å²) in [6, 6.07) is 0. The van der Waals surface area contributed by atoms with Gasteiger partial charge in [0.2, 0.25) is 0 Å². The van der Waals surface area contributed by atoms with Crippen LogP contribution in [0.25, 0.3) is 0 Å². The van der Waals surface area contributed by atoms with E-state index in [1.54, 1.807) is 6.92 Å². The third kappa shape index (κ3) is 6.93. The fourth-order valence-electron chi connectivity index (χ4n) is 1.67. The summed E-state index contributed by atoms with van der Waals surface area (Å²) in [6.07, 6.45) is 3.82. The maximum Gasteiger partial charge on any atom is 0.305 e. The van der Waals surface area contributed by atoms with Crippen LogP contribution in [0.3, 0.4) is 0 Å². The lowest BCUT2D eigenvalue weighted by atomic mass is 9.98. The van der Waals surface area contributed by atoms with Crippen molar-refractivity contribution in [1.82, 2.24) is 5.32 Å². The Morgan fingerprint density at radius 1 is 1.17 bits per heavy atom. The van der Waals surface area contributed by atoms with E-state index < -0.39 is 5.54 Å². The topological polar surface area (TPSA) is 78.8 Å². The minimum absolute atomic E-state index is 0.0666. The molecule has 0 aromatic rings. The zero-order chi connectivity index (χ0) is 13.9. The van der Waals surface area contributed by atoms with E-state index in [0.29, 0.717) is 19.4 Å². The van der Waals surface area contributed by atoms with Gasteiger partial charge in [-0.1, -0.05) is 13.3 Å². The van der Waals surface area contributed by atoms with Gasteiger partial charge in [0, 0.05) is 6.42 Å². The Bertz CT molecular complexity index is 209. The van der Waals surface area contributed by atoms with E-state index in [1.807, 2.05) is 6.92 Å². The molecule has 0 unspecified atom stereocenters. The summed E-state index contributed by atoms with van der Waals surface area (Å²) < 4.78 is 4.83. The fraction of sp³-hybridized carbons (Fsp3) is 0.923. The second kappa shape index (κ2) is 10.3. The number of rotatable bonds is 11. The van der Waals surface area contributed by atoms with E-state index in [1.165, 1.54) is 0 Å². The Labute approximate surface area is 110 Å². The van der Waals surface area contributed by atoms with Gasteiger partial charge in [0.1, 0.15) is 0 Å². The first-order valence-corrected chi connectivity index (χ1v) is 6.76. The highest BCUT2D eigenvalue weighted by Gasteiger charge is 2.24. The normalized spacial score (nSPS) is 11.6. The van der Waals surface area contributed by atoms with E-state index in [9.17, 15) is 15.0 Å². The number of hydrogen-bond donors (Lipinski definition) is 3. The molecule has 0 aliphatic rings. The van der Waals surface area contributed by atoms with E-state index in [-0.39, 0.29) is 19.2 Å². The van der Waals surface area contributed by atoms with Gasteiger partial charge in [-0.2, -0.15) is 0 Å². The first-order chi connectivity index (χ1) is 8.64. The first-order valence-electron chi connectivity index (χ1n) is 6.76. The molecule has 0 amide bonds. The van der Waals surface area contributed by atoms with Crippen LogP contribution >= 0.6 is 0 Å². The number of aliphatic hydroxyl groups is 2. The molecule has 0 heterocycles. The van der Waals surface area contributed by atoms with E-state index in [4.69, 9.17) is 4.74 Å². The fourth-order valence-corrected chi connectivity index (χ4v) is 1.67. The molecular formula is C13H27NO4. The summed E-state index contributed by atoms with van der Waals surface area (Å²) in [7, 11) is 0. The Hall–Kier alpha value is -0.650. The van der Waals surface area contributed by atoms with Gasteiger partial charge < -0.3 is 20.3 Å². The molecule has 0 aliphatic carbocycles. The van der Waals surface area contributed by atoms with Crippen LogP contribution in [0.15, 0.2) is 0 Å². The summed E-state index contributed by atoms with van der Waals surface area (Å²) in [4.78, 5) is 11.1. The van der Waals surface area contributed by atoms with Gasteiger partial charge in [-0.3, -0.25) is 4.79 Å². The smallest absolute Gasteiger partial charge is 0.305 e. The van der Waals surface area contributed by atoms with Crippen LogP contribution < -0.4 is 5.32 Å². The summed E-state index contributed by atoms with van der Waals surface area (Å²) >= 11 is 0. The molecule has 0 aliphatic heterocycles. The van der Waals surface area contributed by atoms with E-state index in [2.05, 4.69) is 5.32 Å². The quantitative estimate of drug-likeness (QED) is 0.379. The lowest BCUT2D eigenvalue weighted by molar-refractivity contribution is -0.143. The van der Waals surface area contributed by atoms with Crippen molar-refractivity contribution in [2.75, 3.05) is 26.4 Å². The summed E-state index contributed by atoms with van der Waals surface area (Å²) in [6.45, 7) is 4.77. The van der Waals surface area contributed by atoms with Gasteiger partial charge in [-0.15, -0.1) is 0 Å². The van der Waals surface area contributed by atoms with Gasteiger partial charge in [0.05, 0.1) is 25.4 Å². The predicted octanol–water partition coefficient (Wildman–Crippen LogP) is 0.833. The minimum atomic E-state index is -0.568. The number of unbranched alkanes of at least 4 members (excludes halogenated alkanes) is 2. The van der Waals surface area contributed by atoms with Crippen molar-refractivity contribution in [3.63, 3.8) is 0 Å². The molecule has 0 rings (SSSR count). The van der Waals surface area contributed by atoms with Crippen molar-refractivity contribution < 1.29 is 19.7 Å². The summed E-state index contributed by atoms with van der Waals surface area (Å²) in [5, 5.41) is 21.6. The standard InChI is InChI=1S/C13H27NO4/c1-3-13(10-15,11-16)14-9-7-5-6-8-12(17)18-4-2/h14-16H,3-11H2,1-2H3. The van der Waals surface area contributed by atoms with Crippen LogP contribution in [-0.2, 0) is 9.53 Å². The third-order valence-corrected chi connectivity index (χ3v) is 3.15. The highest BCUT2D eigenvalue weighted by Crippen LogP contribution is 2.09. The van der Waals surface area contributed by atoms with Crippen molar-refractivity contribution in [2.24, 2.45) is 0 Å². The Kier molecular flexibility index (Phi) is 9.92. The van der Waals surface area contributed by atoms with Gasteiger partial charge in [0.15, 0.2) is 0 Å². The molecule has 0 aromatic heterocycles. The van der Waals surface area contributed by atoms with E-state index >= 15 is 0 Å². The average Bonchev–Trinajstić information content (AvgIpc) is 2.39. The number of carbonyl (C=O) groups excluding carboxylic acids is 1. The highest BCUT2D eigenvalue weighted by molar-refractivity contribution is 5.69. The van der Waals surface area contributed by atoms with Crippen LogP contribution in [0.5, 0.6) is 0 Å². The highest BCUT2D eigenvalue weighted by atomic mass is 16.5. The molecule has 3 N–H and O–H groups in total. The van der Waals surface area contributed by atoms with Crippen LogP contribution in [0.1, 0.15) is 46.0 Å².